The molecule has 3 nitrogen and oxygen atoms in total. The molecule has 1 heterocycles. The van der Waals surface area contributed by atoms with Crippen molar-refractivity contribution in [3.8, 4) is 0 Å². The Kier molecular flexibility index (Phi) is 5.14. The maximum Gasteiger partial charge on any atom is 0.163 e. The Balaban J connectivity index is 2.66. The second-order valence-corrected chi connectivity index (χ2v) is 5.63. The Morgan fingerprint density at radius 3 is 2.67 bits per heavy atom. The topological polar surface area (TPSA) is 38.7 Å². The molecule has 104 valence electrons. The summed E-state index contributed by atoms with van der Waals surface area (Å²) in [6.07, 6.45) is 6.85. The van der Waals surface area contributed by atoms with Gasteiger partial charge in [-0.15, -0.1) is 6.58 Å². The molecule has 1 aliphatic heterocycles. The molecule has 0 aromatic rings. The molecular formula is C15H26O3. The lowest BCUT2D eigenvalue weighted by atomic mass is 9.77. The van der Waals surface area contributed by atoms with Crippen molar-refractivity contribution in [3.05, 3.63) is 24.8 Å². The molecule has 1 aliphatic rings. The average Bonchev–Trinajstić information content (AvgIpc) is 2.68. The summed E-state index contributed by atoms with van der Waals surface area (Å²) in [5, 5.41) is 10.5. The molecule has 3 atom stereocenters. The van der Waals surface area contributed by atoms with Crippen LogP contribution in [0.25, 0.3) is 0 Å². The van der Waals surface area contributed by atoms with Crippen molar-refractivity contribution in [2.45, 2.75) is 58.5 Å². The molecule has 0 radical (unpaired) electrons. The summed E-state index contributed by atoms with van der Waals surface area (Å²) in [6, 6.07) is 0. The van der Waals surface area contributed by atoms with Gasteiger partial charge in [-0.3, -0.25) is 0 Å². The van der Waals surface area contributed by atoms with Crippen molar-refractivity contribution in [3.63, 3.8) is 0 Å². The largest absolute Gasteiger partial charge is 0.389 e. The van der Waals surface area contributed by atoms with E-state index in [4.69, 9.17) is 9.47 Å². The Morgan fingerprint density at radius 1 is 1.56 bits per heavy atom. The lowest BCUT2D eigenvalue weighted by Gasteiger charge is -2.34. The first-order valence-electron chi connectivity index (χ1n) is 6.59. The zero-order chi connectivity index (χ0) is 13.8. The van der Waals surface area contributed by atoms with Gasteiger partial charge in [-0.1, -0.05) is 25.2 Å². The van der Waals surface area contributed by atoms with Gasteiger partial charge in [0.1, 0.15) is 6.10 Å². The van der Waals surface area contributed by atoms with Crippen LogP contribution in [0.3, 0.4) is 0 Å². The van der Waals surface area contributed by atoms with E-state index in [2.05, 4.69) is 12.7 Å². The van der Waals surface area contributed by atoms with Crippen LogP contribution >= 0.6 is 0 Å². The molecule has 18 heavy (non-hydrogen) atoms. The van der Waals surface area contributed by atoms with Crippen LogP contribution in [-0.2, 0) is 9.47 Å². The van der Waals surface area contributed by atoms with Crippen LogP contribution in [0.2, 0.25) is 0 Å². The Labute approximate surface area is 110 Å². The standard InChI is InChI=1S/C15H26O3/c1-6-8-9-10-15(5,7-2)13(16)12-11-17-14(3,4)18-12/h6-8,12-13,16H,2,9-11H2,1,3-5H3/b8-6+/t12-,13+,15-/m1/s1. The summed E-state index contributed by atoms with van der Waals surface area (Å²) >= 11 is 0. The SMILES string of the molecule is C=C[C@](C)(CC/C=C/C)[C@@H](O)[C@H]1COC(C)(C)O1. The minimum atomic E-state index is -0.600. The number of hydrogen-bond acceptors (Lipinski definition) is 3. The van der Waals surface area contributed by atoms with Crippen LogP contribution in [0.1, 0.15) is 40.5 Å². The Bertz CT molecular complexity index is 309. The van der Waals surface area contributed by atoms with Crippen LogP contribution in [0, 0.1) is 5.41 Å². The van der Waals surface area contributed by atoms with E-state index < -0.39 is 11.9 Å². The number of allylic oxidation sites excluding steroid dienone is 2. The number of aliphatic hydroxyl groups is 1. The second-order valence-electron chi connectivity index (χ2n) is 5.63. The zero-order valence-corrected chi connectivity index (χ0v) is 12.0. The van der Waals surface area contributed by atoms with Gasteiger partial charge in [-0.2, -0.15) is 0 Å². The third-order valence-corrected chi connectivity index (χ3v) is 3.61. The zero-order valence-electron chi connectivity index (χ0n) is 12.0. The molecule has 1 fully saturated rings. The van der Waals surface area contributed by atoms with Crippen molar-refractivity contribution in [1.29, 1.82) is 0 Å². The van der Waals surface area contributed by atoms with E-state index >= 15 is 0 Å². The van der Waals surface area contributed by atoms with E-state index in [0.29, 0.717) is 6.61 Å². The van der Waals surface area contributed by atoms with Gasteiger partial charge in [0, 0.05) is 5.41 Å². The molecule has 1 rings (SSSR count). The third kappa shape index (κ3) is 3.67. The highest BCUT2D eigenvalue weighted by atomic mass is 16.7. The summed E-state index contributed by atoms with van der Waals surface area (Å²) in [6.45, 7) is 12.0. The van der Waals surface area contributed by atoms with E-state index in [-0.39, 0.29) is 11.5 Å². The minimum absolute atomic E-state index is 0.284. The smallest absolute Gasteiger partial charge is 0.163 e. The Morgan fingerprint density at radius 2 is 2.22 bits per heavy atom. The fourth-order valence-corrected chi connectivity index (χ4v) is 2.23. The number of aliphatic hydroxyl groups excluding tert-OH is 1. The van der Waals surface area contributed by atoms with Crippen molar-refractivity contribution in [1.82, 2.24) is 0 Å². The third-order valence-electron chi connectivity index (χ3n) is 3.61. The molecule has 0 bridgehead atoms. The summed E-state index contributed by atoms with van der Waals surface area (Å²) in [5.74, 6) is -0.600. The molecule has 0 saturated carbocycles. The summed E-state index contributed by atoms with van der Waals surface area (Å²) in [5.41, 5.74) is -0.353. The average molecular weight is 254 g/mol. The number of hydrogen-bond donors (Lipinski definition) is 1. The minimum Gasteiger partial charge on any atom is -0.389 e. The highest BCUT2D eigenvalue weighted by molar-refractivity contribution is 5.01. The van der Waals surface area contributed by atoms with Crippen molar-refractivity contribution in [2.75, 3.05) is 6.61 Å². The van der Waals surface area contributed by atoms with Crippen molar-refractivity contribution >= 4 is 0 Å². The van der Waals surface area contributed by atoms with Crippen LogP contribution in [0.15, 0.2) is 24.8 Å². The monoisotopic (exact) mass is 254 g/mol. The predicted molar refractivity (Wildman–Crippen MR) is 73.3 cm³/mol. The fourth-order valence-electron chi connectivity index (χ4n) is 2.23. The van der Waals surface area contributed by atoms with E-state index in [0.717, 1.165) is 12.8 Å². The van der Waals surface area contributed by atoms with Crippen LogP contribution in [-0.4, -0.2) is 29.7 Å². The first-order valence-corrected chi connectivity index (χ1v) is 6.59. The van der Waals surface area contributed by atoms with E-state index in [1.807, 2.05) is 39.8 Å². The normalized spacial score (nSPS) is 28.2. The van der Waals surface area contributed by atoms with Gasteiger partial charge < -0.3 is 14.6 Å². The first kappa shape index (κ1) is 15.4. The molecule has 0 unspecified atom stereocenters. The molecule has 1 saturated heterocycles. The predicted octanol–water partition coefficient (Wildman–Crippen LogP) is 3.05. The summed E-state index contributed by atoms with van der Waals surface area (Å²) in [7, 11) is 0. The van der Waals surface area contributed by atoms with Gasteiger partial charge in [-0.25, -0.2) is 0 Å². The summed E-state index contributed by atoms with van der Waals surface area (Å²) < 4.78 is 11.2. The van der Waals surface area contributed by atoms with Crippen LogP contribution in [0.5, 0.6) is 0 Å². The molecule has 0 aliphatic carbocycles. The van der Waals surface area contributed by atoms with Crippen molar-refractivity contribution in [2.24, 2.45) is 5.41 Å². The number of ether oxygens (including phenoxy) is 2. The lowest BCUT2D eigenvalue weighted by molar-refractivity contribution is -0.159. The van der Waals surface area contributed by atoms with Crippen LogP contribution < -0.4 is 0 Å². The quantitative estimate of drug-likeness (QED) is 0.740. The number of rotatable bonds is 6. The molecule has 0 amide bonds. The highest BCUT2D eigenvalue weighted by Crippen LogP contribution is 2.36. The molecule has 0 spiro atoms. The van der Waals surface area contributed by atoms with Gasteiger partial charge >= 0.3 is 0 Å². The van der Waals surface area contributed by atoms with Gasteiger partial charge in [-0.05, 0) is 33.6 Å². The van der Waals surface area contributed by atoms with Gasteiger partial charge in [0.15, 0.2) is 5.79 Å². The molecule has 0 aromatic heterocycles. The van der Waals surface area contributed by atoms with E-state index in [1.54, 1.807) is 0 Å². The lowest BCUT2D eigenvalue weighted by Crippen LogP contribution is -2.42. The van der Waals surface area contributed by atoms with Gasteiger partial charge in [0.25, 0.3) is 0 Å². The summed E-state index contributed by atoms with van der Waals surface area (Å²) in [4.78, 5) is 0. The van der Waals surface area contributed by atoms with E-state index in [9.17, 15) is 5.11 Å². The van der Waals surface area contributed by atoms with Crippen molar-refractivity contribution < 1.29 is 14.6 Å². The van der Waals surface area contributed by atoms with E-state index in [1.165, 1.54) is 0 Å². The first-order chi connectivity index (χ1) is 8.34. The van der Waals surface area contributed by atoms with Gasteiger partial charge in [0.2, 0.25) is 0 Å². The highest BCUT2D eigenvalue weighted by Gasteiger charge is 2.43. The maximum absolute atomic E-state index is 10.5. The molecular weight excluding hydrogens is 228 g/mol. The van der Waals surface area contributed by atoms with Crippen LogP contribution in [0.4, 0.5) is 0 Å². The molecule has 3 heteroatoms. The Hall–Kier alpha value is -0.640. The molecule has 0 aromatic carbocycles. The van der Waals surface area contributed by atoms with Gasteiger partial charge in [0.05, 0.1) is 12.7 Å². The molecule has 1 N–H and O–H groups in total. The fraction of sp³-hybridized carbons (Fsp3) is 0.733. The second kappa shape index (κ2) is 6.00. The maximum atomic E-state index is 10.5.